The molecule has 114 valence electrons. The maximum absolute atomic E-state index is 9.62. The van der Waals surface area contributed by atoms with E-state index in [-0.39, 0.29) is 12.6 Å². The van der Waals surface area contributed by atoms with Gasteiger partial charge in [-0.1, -0.05) is 44.2 Å². The lowest BCUT2D eigenvalue weighted by Crippen LogP contribution is -2.16. The van der Waals surface area contributed by atoms with Crippen molar-refractivity contribution in [2.24, 2.45) is 0 Å². The van der Waals surface area contributed by atoms with Crippen molar-refractivity contribution in [1.29, 1.82) is 0 Å². The molecule has 0 aliphatic carbocycles. The van der Waals surface area contributed by atoms with E-state index in [2.05, 4.69) is 39.3 Å². The normalized spacial score (nSPS) is 12.7. The van der Waals surface area contributed by atoms with E-state index < -0.39 is 0 Å². The molecule has 0 aliphatic heterocycles. The minimum atomic E-state index is -0.243. The Kier molecular flexibility index (Phi) is 4.02. The molecule has 6 nitrogen and oxygen atoms in total. The zero-order chi connectivity index (χ0) is 15.5. The standard InChI is InChI=1S/C16H19N5O/c1-10(2)14-15-12(20-21-14)8-17-16(19-15)18-13(9-22)11-6-4-3-5-7-11/h3-8,10,13,22H,9H2,1-2H3,(H,20,21)(H,17,18,19)/t13-/m0/s1. The zero-order valence-electron chi connectivity index (χ0n) is 12.6. The van der Waals surface area contributed by atoms with Gasteiger partial charge in [-0.05, 0) is 11.5 Å². The van der Waals surface area contributed by atoms with Gasteiger partial charge in [0.15, 0.2) is 0 Å². The van der Waals surface area contributed by atoms with Gasteiger partial charge >= 0.3 is 0 Å². The first kappa shape index (κ1) is 14.5. The Hall–Kier alpha value is -2.47. The van der Waals surface area contributed by atoms with Gasteiger partial charge in [-0.3, -0.25) is 5.10 Å². The van der Waals surface area contributed by atoms with Crippen LogP contribution in [0.4, 0.5) is 5.95 Å². The maximum Gasteiger partial charge on any atom is 0.223 e. The van der Waals surface area contributed by atoms with Crippen molar-refractivity contribution < 1.29 is 5.11 Å². The van der Waals surface area contributed by atoms with Gasteiger partial charge in [-0.15, -0.1) is 0 Å². The van der Waals surface area contributed by atoms with Crippen LogP contribution in [0.5, 0.6) is 0 Å². The summed E-state index contributed by atoms with van der Waals surface area (Å²) < 4.78 is 0. The lowest BCUT2D eigenvalue weighted by molar-refractivity contribution is 0.276. The zero-order valence-corrected chi connectivity index (χ0v) is 12.6. The molecular formula is C16H19N5O. The summed E-state index contributed by atoms with van der Waals surface area (Å²) in [5, 5.41) is 20.0. The summed E-state index contributed by atoms with van der Waals surface area (Å²) in [5.41, 5.74) is 3.54. The number of aromatic nitrogens is 4. The topological polar surface area (TPSA) is 86.7 Å². The molecule has 3 N–H and O–H groups in total. The van der Waals surface area contributed by atoms with Crippen molar-refractivity contribution in [3.8, 4) is 0 Å². The third kappa shape index (κ3) is 2.78. The quantitative estimate of drug-likeness (QED) is 0.674. The van der Waals surface area contributed by atoms with Crippen LogP contribution in [0.3, 0.4) is 0 Å². The van der Waals surface area contributed by atoms with E-state index in [1.54, 1.807) is 6.20 Å². The number of benzene rings is 1. The van der Waals surface area contributed by atoms with Crippen molar-refractivity contribution in [3.05, 3.63) is 47.8 Å². The lowest BCUT2D eigenvalue weighted by atomic mass is 10.1. The number of nitrogens with zero attached hydrogens (tertiary/aromatic N) is 3. The average molecular weight is 297 g/mol. The fraction of sp³-hybridized carbons (Fsp3) is 0.312. The van der Waals surface area contributed by atoms with Gasteiger partial charge in [0.25, 0.3) is 0 Å². The van der Waals surface area contributed by atoms with Crippen molar-refractivity contribution in [2.75, 3.05) is 11.9 Å². The second-order valence-corrected chi connectivity index (χ2v) is 5.51. The predicted molar refractivity (Wildman–Crippen MR) is 85.7 cm³/mol. The van der Waals surface area contributed by atoms with E-state index in [9.17, 15) is 5.11 Å². The van der Waals surface area contributed by atoms with Gasteiger partial charge < -0.3 is 10.4 Å². The van der Waals surface area contributed by atoms with Crippen LogP contribution in [-0.2, 0) is 0 Å². The van der Waals surface area contributed by atoms with Gasteiger partial charge in [0.2, 0.25) is 5.95 Å². The molecule has 0 bridgehead atoms. The molecular weight excluding hydrogens is 278 g/mol. The van der Waals surface area contributed by atoms with Crippen LogP contribution in [0.2, 0.25) is 0 Å². The largest absolute Gasteiger partial charge is 0.394 e. The smallest absolute Gasteiger partial charge is 0.223 e. The Morgan fingerprint density at radius 1 is 1.23 bits per heavy atom. The minimum absolute atomic E-state index is 0.0339. The third-order valence-electron chi connectivity index (χ3n) is 3.59. The molecule has 1 aromatic carbocycles. The highest BCUT2D eigenvalue weighted by molar-refractivity contribution is 5.77. The molecule has 0 aliphatic rings. The van der Waals surface area contributed by atoms with Crippen molar-refractivity contribution in [2.45, 2.75) is 25.8 Å². The van der Waals surface area contributed by atoms with Crippen molar-refractivity contribution >= 4 is 17.0 Å². The fourth-order valence-corrected chi connectivity index (χ4v) is 2.38. The predicted octanol–water partition coefficient (Wildman–Crippen LogP) is 2.62. The van der Waals surface area contributed by atoms with Crippen LogP contribution in [0, 0.1) is 0 Å². The van der Waals surface area contributed by atoms with Crippen LogP contribution >= 0.6 is 0 Å². The molecule has 3 aromatic rings. The molecule has 0 unspecified atom stereocenters. The van der Waals surface area contributed by atoms with E-state index >= 15 is 0 Å². The third-order valence-corrected chi connectivity index (χ3v) is 3.59. The van der Waals surface area contributed by atoms with Gasteiger partial charge in [-0.25, -0.2) is 9.97 Å². The van der Waals surface area contributed by atoms with Gasteiger partial charge in [0.1, 0.15) is 11.0 Å². The molecule has 0 spiro atoms. The Balaban J connectivity index is 1.91. The maximum atomic E-state index is 9.62. The molecule has 3 rings (SSSR count). The van der Waals surface area contributed by atoms with Crippen molar-refractivity contribution in [1.82, 2.24) is 20.2 Å². The Labute approximate surface area is 128 Å². The van der Waals surface area contributed by atoms with E-state index in [1.165, 1.54) is 0 Å². The number of aromatic amines is 1. The summed E-state index contributed by atoms with van der Waals surface area (Å²) in [7, 11) is 0. The Morgan fingerprint density at radius 2 is 2.00 bits per heavy atom. The summed E-state index contributed by atoms with van der Waals surface area (Å²) in [6.45, 7) is 4.14. The highest BCUT2D eigenvalue weighted by Gasteiger charge is 2.15. The van der Waals surface area contributed by atoms with Crippen LogP contribution in [-0.4, -0.2) is 31.9 Å². The first-order valence-electron chi connectivity index (χ1n) is 7.32. The molecule has 0 saturated carbocycles. The Bertz CT molecular complexity index is 754. The highest BCUT2D eigenvalue weighted by Crippen LogP contribution is 2.23. The number of hydrogen-bond donors (Lipinski definition) is 3. The van der Waals surface area contributed by atoms with Crippen LogP contribution in [0.25, 0.3) is 11.0 Å². The molecule has 6 heteroatoms. The summed E-state index contributed by atoms with van der Waals surface area (Å²) in [4.78, 5) is 8.82. The molecule has 2 aromatic heterocycles. The number of fused-ring (bicyclic) bond motifs is 1. The van der Waals surface area contributed by atoms with Crippen LogP contribution in [0.15, 0.2) is 36.5 Å². The van der Waals surface area contributed by atoms with E-state index in [0.29, 0.717) is 11.9 Å². The summed E-state index contributed by atoms with van der Waals surface area (Å²) >= 11 is 0. The molecule has 0 amide bonds. The van der Waals surface area contributed by atoms with Crippen molar-refractivity contribution in [3.63, 3.8) is 0 Å². The van der Waals surface area contributed by atoms with Gasteiger partial charge in [0, 0.05) is 0 Å². The molecule has 22 heavy (non-hydrogen) atoms. The summed E-state index contributed by atoms with van der Waals surface area (Å²) in [6, 6.07) is 9.51. The minimum Gasteiger partial charge on any atom is -0.394 e. The monoisotopic (exact) mass is 297 g/mol. The molecule has 0 saturated heterocycles. The van der Waals surface area contributed by atoms with Crippen LogP contribution < -0.4 is 5.32 Å². The molecule has 1 atom stereocenters. The number of rotatable bonds is 5. The first-order valence-corrected chi connectivity index (χ1v) is 7.32. The summed E-state index contributed by atoms with van der Waals surface area (Å²) in [5.74, 6) is 0.786. The number of anilines is 1. The molecule has 0 fully saturated rings. The number of H-pyrrole nitrogens is 1. The SMILES string of the molecule is CC(C)c1[nH]nc2cnc(N[C@@H](CO)c3ccccc3)nc12. The second-order valence-electron chi connectivity index (χ2n) is 5.51. The van der Waals surface area contributed by atoms with Gasteiger partial charge in [-0.2, -0.15) is 5.10 Å². The number of hydrogen-bond acceptors (Lipinski definition) is 5. The number of aliphatic hydroxyl groups excluding tert-OH is 1. The average Bonchev–Trinajstić information content (AvgIpc) is 2.96. The molecule has 2 heterocycles. The molecule has 0 radical (unpaired) electrons. The summed E-state index contributed by atoms with van der Waals surface area (Å²) in [6.07, 6.45) is 1.69. The fourth-order valence-electron chi connectivity index (χ4n) is 2.38. The number of aliphatic hydroxyl groups is 1. The van der Waals surface area contributed by atoms with E-state index in [0.717, 1.165) is 22.3 Å². The van der Waals surface area contributed by atoms with E-state index in [4.69, 9.17) is 0 Å². The number of nitrogens with one attached hydrogen (secondary N) is 2. The van der Waals surface area contributed by atoms with Gasteiger partial charge in [0.05, 0.1) is 24.5 Å². The first-order chi connectivity index (χ1) is 10.7. The lowest BCUT2D eigenvalue weighted by Gasteiger charge is -2.16. The Morgan fingerprint density at radius 3 is 2.68 bits per heavy atom. The second kappa shape index (κ2) is 6.11. The van der Waals surface area contributed by atoms with Crippen LogP contribution in [0.1, 0.15) is 37.1 Å². The highest BCUT2D eigenvalue weighted by atomic mass is 16.3. The van der Waals surface area contributed by atoms with E-state index in [1.807, 2.05) is 30.3 Å².